The molecule has 1 aliphatic rings. The molecule has 1 aromatic rings. The number of benzene rings is 1. The average Bonchev–Trinajstić information content (AvgIpc) is 2.27. The van der Waals surface area contributed by atoms with Gasteiger partial charge in [0.25, 0.3) is 0 Å². The van der Waals surface area contributed by atoms with Crippen molar-refractivity contribution in [2.75, 3.05) is 7.05 Å². The molecule has 1 aromatic carbocycles. The van der Waals surface area contributed by atoms with E-state index in [-0.39, 0.29) is 18.0 Å². The third kappa shape index (κ3) is 1.97. The van der Waals surface area contributed by atoms with Gasteiger partial charge in [0, 0.05) is 18.0 Å². The van der Waals surface area contributed by atoms with Crippen LogP contribution >= 0.6 is 0 Å². The lowest BCUT2D eigenvalue weighted by atomic mass is 9.95. The Morgan fingerprint density at radius 2 is 2.33 bits per heavy atom. The van der Waals surface area contributed by atoms with Crippen LogP contribution in [0.4, 0.5) is 4.39 Å². The SMILES string of the molecule is CCC1CC(NC)c2cc(F)ccc2O1. The lowest BCUT2D eigenvalue weighted by molar-refractivity contribution is 0.147. The Morgan fingerprint density at radius 1 is 1.53 bits per heavy atom. The maximum Gasteiger partial charge on any atom is 0.124 e. The highest BCUT2D eigenvalue weighted by molar-refractivity contribution is 5.38. The van der Waals surface area contributed by atoms with Crippen LogP contribution in [0.15, 0.2) is 18.2 Å². The van der Waals surface area contributed by atoms with E-state index in [1.54, 1.807) is 12.1 Å². The summed E-state index contributed by atoms with van der Waals surface area (Å²) in [6.45, 7) is 2.10. The van der Waals surface area contributed by atoms with Gasteiger partial charge in [-0.15, -0.1) is 0 Å². The van der Waals surface area contributed by atoms with Gasteiger partial charge in [0.2, 0.25) is 0 Å². The second-order valence-electron chi connectivity index (χ2n) is 3.91. The molecule has 82 valence electrons. The number of halogens is 1. The fraction of sp³-hybridized carbons (Fsp3) is 0.500. The molecule has 15 heavy (non-hydrogen) atoms. The Balaban J connectivity index is 2.35. The fourth-order valence-electron chi connectivity index (χ4n) is 2.04. The first-order valence-corrected chi connectivity index (χ1v) is 5.38. The number of hydrogen-bond acceptors (Lipinski definition) is 2. The summed E-state index contributed by atoms with van der Waals surface area (Å²) >= 11 is 0. The predicted octanol–water partition coefficient (Wildman–Crippen LogP) is 2.65. The quantitative estimate of drug-likeness (QED) is 0.808. The number of fused-ring (bicyclic) bond motifs is 1. The van der Waals surface area contributed by atoms with Gasteiger partial charge in [-0.2, -0.15) is 0 Å². The highest BCUT2D eigenvalue weighted by atomic mass is 19.1. The molecule has 0 spiro atoms. The molecular weight excluding hydrogens is 193 g/mol. The monoisotopic (exact) mass is 209 g/mol. The smallest absolute Gasteiger partial charge is 0.124 e. The maximum atomic E-state index is 13.1. The first-order chi connectivity index (χ1) is 7.24. The summed E-state index contributed by atoms with van der Waals surface area (Å²) in [7, 11) is 1.90. The first kappa shape index (κ1) is 10.4. The van der Waals surface area contributed by atoms with E-state index in [9.17, 15) is 4.39 Å². The summed E-state index contributed by atoms with van der Waals surface area (Å²) in [4.78, 5) is 0. The van der Waals surface area contributed by atoms with E-state index in [0.29, 0.717) is 0 Å². The van der Waals surface area contributed by atoms with Gasteiger partial charge in [0.1, 0.15) is 17.7 Å². The Bertz CT molecular complexity index is 353. The van der Waals surface area contributed by atoms with Gasteiger partial charge in [-0.1, -0.05) is 6.92 Å². The summed E-state index contributed by atoms with van der Waals surface area (Å²) in [5.41, 5.74) is 0.933. The average molecular weight is 209 g/mol. The van der Waals surface area contributed by atoms with Crippen LogP contribution in [0.1, 0.15) is 31.4 Å². The first-order valence-electron chi connectivity index (χ1n) is 5.38. The molecule has 2 nitrogen and oxygen atoms in total. The molecule has 1 N–H and O–H groups in total. The minimum atomic E-state index is -0.201. The van der Waals surface area contributed by atoms with E-state index in [2.05, 4.69) is 12.2 Å². The number of hydrogen-bond donors (Lipinski definition) is 1. The Kier molecular flexibility index (Phi) is 2.91. The van der Waals surface area contributed by atoms with Gasteiger partial charge >= 0.3 is 0 Å². The second kappa shape index (κ2) is 4.19. The van der Waals surface area contributed by atoms with Crippen LogP contribution in [-0.4, -0.2) is 13.2 Å². The maximum absolute atomic E-state index is 13.1. The Morgan fingerprint density at radius 3 is 3.00 bits per heavy atom. The van der Waals surface area contributed by atoms with Crippen molar-refractivity contribution in [3.05, 3.63) is 29.6 Å². The fourth-order valence-corrected chi connectivity index (χ4v) is 2.04. The molecule has 1 heterocycles. The summed E-state index contributed by atoms with van der Waals surface area (Å²) in [6.07, 6.45) is 2.12. The van der Waals surface area contributed by atoms with Crippen LogP contribution in [0, 0.1) is 5.82 Å². The molecular formula is C12H16FNO. The molecule has 0 radical (unpaired) electrons. The van der Waals surface area contributed by atoms with Crippen molar-refractivity contribution in [1.82, 2.24) is 5.32 Å². The molecule has 2 rings (SSSR count). The molecule has 1 aliphatic heterocycles. The summed E-state index contributed by atoms with van der Waals surface area (Å²) in [6, 6.07) is 4.93. The number of nitrogens with one attached hydrogen (secondary N) is 1. The zero-order valence-corrected chi connectivity index (χ0v) is 9.09. The zero-order valence-electron chi connectivity index (χ0n) is 9.09. The van der Waals surface area contributed by atoms with Crippen molar-refractivity contribution < 1.29 is 9.13 Å². The highest BCUT2D eigenvalue weighted by Crippen LogP contribution is 2.35. The van der Waals surface area contributed by atoms with E-state index < -0.39 is 0 Å². The van der Waals surface area contributed by atoms with E-state index in [0.717, 1.165) is 24.2 Å². The predicted molar refractivity (Wildman–Crippen MR) is 57.5 cm³/mol. The van der Waals surface area contributed by atoms with E-state index in [4.69, 9.17) is 4.74 Å². The van der Waals surface area contributed by atoms with E-state index in [1.807, 2.05) is 7.05 Å². The molecule has 0 fully saturated rings. The number of ether oxygens (including phenoxy) is 1. The van der Waals surface area contributed by atoms with Gasteiger partial charge in [-0.25, -0.2) is 4.39 Å². The molecule has 0 aliphatic carbocycles. The van der Waals surface area contributed by atoms with Crippen LogP contribution in [0.25, 0.3) is 0 Å². The minimum Gasteiger partial charge on any atom is -0.490 e. The molecule has 3 heteroatoms. The van der Waals surface area contributed by atoms with Crippen molar-refractivity contribution in [2.45, 2.75) is 31.9 Å². The molecule has 0 saturated carbocycles. The van der Waals surface area contributed by atoms with E-state index >= 15 is 0 Å². The van der Waals surface area contributed by atoms with Crippen LogP contribution in [-0.2, 0) is 0 Å². The van der Waals surface area contributed by atoms with Crippen LogP contribution in [0.5, 0.6) is 5.75 Å². The Hall–Kier alpha value is -1.09. The van der Waals surface area contributed by atoms with Crippen LogP contribution in [0.3, 0.4) is 0 Å². The van der Waals surface area contributed by atoms with Crippen molar-refractivity contribution in [1.29, 1.82) is 0 Å². The van der Waals surface area contributed by atoms with Gasteiger partial charge in [-0.3, -0.25) is 0 Å². The molecule has 0 amide bonds. The lowest BCUT2D eigenvalue weighted by Crippen LogP contribution is -2.31. The minimum absolute atomic E-state index is 0.201. The van der Waals surface area contributed by atoms with Crippen molar-refractivity contribution >= 4 is 0 Å². The third-order valence-corrected chi connectivity index (χ3v) is 2.94. The summed E-state index contributed by atoms with van der Waals surface area (Å²) in [5.74, 6) is 0.612. The molecule has 0 saturated heterocycles. The van der Waals surface area contributed by atoms with Gasteiger partial charge in [-0.05, 0) is 31.7 Å². The molecule has 2 atom stereocenters. The lowest BCUT2D eigenvalue weighted by Gasteiger charge is -2.31. The summed E-state index contributed by atoms with van der Waals surface area (Å²) < 4.78 is 18.9. The van der Waals surface area contributed by atoms with Gasteiger partial charge < -0.3 is 10.1 Å². The molecule has 2 unspecified atom stereocenters. The van der Waals surface area contributed by atoms with E-state index in [1.165, 1.54) is 6.07 Å². The Labute approximate surface area is 89.4 Å². The van der Waals surface area contributed by atoms with Crippen molar-refractivity contribution in [3.63, 3.8) is 0 Å². The topological polar surface area (TPSA) is 21.3 Å². The highest BCUT2D eigenvalue weighted by Gasteiger charge is 2.26. The summed E-state index contributed by atoms with van der Waals surface area (Å²) in [5, 5.41) is 3.20. The molecule has 0 aromatic heterocycles. The van der Waals surface area contributed by atoms with Crippen LogP contribution < -0.4 is 10.1 Å². The zero-order chi connectivity index (χ0) is 10.8. The van der Waals surface area contributed by atoms with Crippen molar-refractivity contribution in [2.24, 2.45) is 0 Å². The third-order valence-electron chi connectivity index (χ3n) is 2.94. The largest absolute Gasteiger partial charge is 0.490 e. The van der Waals surface area contributed by atoms with Crippen LogP contribution in [0.2, 0.25) is 0 Å². The normalized spacial score (nSPS) is 24.5. The second-order valence-corrected chi connectivity index (χ2v) is 3.91. The van der Waals surface area contributed by atoms with Gasteiger partial charge in [0.15, 0.2) is 0 Å². The molecule has 0 bridgehead atoms. The number of rotatable bonds is 2. The standard InChI is InChI=1S/C12H16FNO/c1-3-9-7-11(14-2)10-6-8(13)4-5-12(10)15-9/h4-6,9,11,14H,3,7H2,1-2H3. The van der Waals surface area contributed by atoms with Gasteiger partial charge in [0.05, 0.1) is 0 Å². The van der Waals surface area contributed by atoms with Crippen molar-refractivity contribution in [3.8, 4) is 5.75 Å².